The first-order valence-corrected chi connectivity index (χ1v) is 7.93. The minimum Gasteiger partial charge on any atom is -0.378 e. The van der Waals surface area contributed by atoms with Gasteiger partial charge in [0.2, 0.25) is 5.96 Å². The number of hydrogen-bond acceptors (Lipinski definition) is 5. The first-order valence-electron chi connectivity index (χ1n) is 6.49. The van der Waals surface area contributed by atoms with Gasteiger partial charge in [0, 0.05) is 24.7 Å². The maximum absolute atomic E-state index is 12.2. The van der Waals surface area contributed by atoms with Crippen molar-refractivity contribution in [1.82, 2.24) is 4.90 Å². The van der Waals surface area contributed by atoms with Crippen LogP contribution in [0.5, 0.6) is 0 Å². The molecule has 0 atom stereocenters. The molecule has 1 aromatic carbocycles. The molecule has 0 bridgehead atoms. The standard InChI is InChI=1S/C12H16N4O5S/c1-9-2-3-10(8-11(9)16(17)18)22(19,20)14-12(13)15-4-6-21-7-5-15/h2-3,8H,4-7H2,1H3,(H2,13,14). The number of ether oxygens (including phenoxy) is 1. The molecule has 2 N–H and O–H groups in total. The van der Waals surface area contributed by atoms with E-state index in [4.69, 9.17) is 10.5 Å². The fraction of sp³-hybridized carbons (Fsp3) is 0.417. The third kappa shape index (κ3) is 3.52. The SMILES string of the molecule is Cc1ccc(S(=O)(=O)N=C(N)N2CCOCC2)cc1[N+](=O)[O-]. The number of rotatable bonds is 3. The summed E-state index contributed by atoms with van der Waals surface area (Å²) in [6, 6.07) is 3.62. The normalized spacial score (nSPS) is 16.6. The molecule has 120 valence electrons. The van der Waals surface area contributed by atoms with Crippen molar-refractivity contribution >= 4 is 21.7 Å². The summed E-state index contributed by atoms with van der Waals surface area (Å²) in [6.07, 6.45) is 0. The maximum atomic E-state index is 12.2. The molecule has 2 rings (SSSR count). The Morgan fingerprint density at radius 3 is 2.64 bits per heavy atom. The van der Waals surface area contributed by atoms with E-state index in [-0.39, 0.29) is 16.5 Å². The Labute approximate surface area is 127 Å². The van der Waals surface area contributed by atoms with E-state index in [1.807, 2.05) is 0 Å². The zero-order valence-corrected chi connectivity index (χ0v) is 12.7. The number of nitrogens with zero attached hydrogens (tertiary/aromatic N) is 3. The number of nitrogens with two attached hydrogens (primary N) is 1. The van der Waals surface area contributed by atoms with E-state index >= 15 is 0 Å². The second kappa shape index (κ2) is 6.28. The van der Waals surface area contributed by atoms with Crippen molar-refractivity contribution in [2.45, 2.75) is 11.8 Å². The fourth-order valence-electron chi connectivity index (χ4n) is 1.97. The van der Waals surface area contributed by atoms with Gasteiger partial charge in [-0.05, 0) is 13.0 Å². The zero-order valence-electron chi connectivity index (χ0n) is 11.9. The van der Waals surface area contributed by atoms with Crippen LogP contribution in [-0.2, 0) is 14.8 Å². The highest BCUT2D eigenvalue weighted by Crippen LogP contribution is 2.23. The molecule has 10 heteroatoms. The smallest absolute Gasteiger partial charge is 0.285 e. The van der Waals surface area contributed by atoms with Gasteiger partial charge in [-0.3, -0.25) is 10.1 Å². The van der Waals surface area contributed by atoms with E-state index in [1.54, 1.807) is 4.90 Å². The molecule has 1 heterocycles. The summed E-state index contributed by atoms with van der Waals surface area (Å²) in [4.78, 5) is 11.6. The zero-order chi connectivity index (χ0) is 16.3. The van der Waals surface area contributed by atoms with Crippen LogP contribution >= 0.6 is 0 Å². The van der Waals surface area contributed by atoms with Gasteiger partial charge < -0.3 is 15.4 Å². The molecule has 1 aliphatic heterocycles. The molecule has 1 saturated heterocycles. The largest absolute Gasteiger partial charge is 0.378 e. The van der Waals surface area contributed by atoms with Crippen molar-refractivity contribution in [3.8, 4) is 0 Å². The summed E-state index contributed by atoms with van der Waals surface area (Å²) in [5.41, 5.74) is 5.80. The van der Waals surface area contributed by atoms with Gasteiger partial charge >= 0.3 is 0 Å². The monoisotopic (exact) mass is 328 g/mol. The average Bonchev–Trinajstić information content (AvgIpc) is 2.47. The first-order chi connectivity index (χ1) is 10.3. The van der Waals surface area contributed by atoms with Gasteiger partial charge in [0.25, 0.3) is 15.7 Å². The predicted octanol–water partition coefficient (Wildman–Crippen LogP) is 0.239. The second-order valence-electron chi connectivity index (χ2n) is 4.73. The van der Waals surface area contributed by atoms with Crippen molar-refractivity contribution in [2.24, 2.45) is 10.1 Å². The fourth-order valence-corrected chi connectivity index (χ4v) is 2.94. The summed E-state index contributed by atoms with van der Waals surface area (Å²) in [5, 5.41) is 10.9. The molecule has 0 aromatic heterocycles. The summed E-state index contributed by atoms with van der Waals surface area (Å²) >= 11 is 0. The number of sulfonamides is 1. The summed E-state index contributed by atoms with van der Waals surface area (Å²) in [6.45, 7) is 3.29. The molecule has 0 aliphatic carbocycles. The van der Waals surface area contributed by atoms with Crippen LogP contribution in [-0.4, -0.2) is 50.5 Å². The van der Waals surface area contributed by atoms with Gasteiger partial charge in [-0.1, -0.05) is 6.07 Å². The molecule has 1 aromatic rings. The van der Waals surface area contributed by atoms with Gasteiger partial charge in [-0.15, -0.1) is 4.40 Å². The Bertz CT molecular complexity index is 710. The van der Waals surface area contributed by atoms with Crippen molar-refractivity contribution in [3.63, 3.8) is 0 Å². The molecule has 0 saturated carbocycles. The molecular formula is C12H16N4O5S. The molecule has 22 heavy (non-hydrogen) atoms. The van der Waals surface area contributed by atoms with E-state index in [2.05, 4.69) is 4.40 Å². The van der Waals surface area contributed by atoms with E-state index in [0.29, 0.717) is 31.9 Å². The number of nitro groups is 1. The lowest BCUT2D eigenvalue weighted by atomic mass is 10.2. The van der Waals surface area contributed by atoms with E-state index in [0.717, 1.165) is 6.07 Å². The van der Waals surface area contributed by atoms with Crippen LogP contribution in [0.4, 0.5) is 5.69 Å². The Morgan fingerprint density at radius 1 is 1.41 bits per heavy atom. The van der Waals surface area contributed by atoms with Gasteiger partial charge in [0.05, 0.1) is 23.0 Å². The van der Waals surface area contributed by atoms with Gasteiger partial charge in [-0.2, -0.15) is 8.42 Å². The second-order valence-corrected chi connectivity index (χ2v) is 6.33. The van der Waals surface area contributed by atoms with E-state index in [1.165, 1.54) is 19.1 Å². The minimum absolute atomic E-state index is 0.147. The first kappa shape index (κ1) is 16.2. The summed E-state index contributed by atoms with van der Waals surface area (Å²) in [7, 11) is -4.11. The van der Waals surface area contributed by atoms with Crippen LogP contribution < -0.4 is 5.73 Å². The van der Waals surface area contributed by atoms with Crippen LogP contribution in [0.3, 0.4) is 0 Å². The Balaban J connectivity index is 2.34. The van der Waals surface area contributed by atoms with Crippen molar-refractivity contribution in [1.29, 1.82) is 0 Å². The number of morpholine rings is 1. The topological polar surface area (TPSA) is 128 Å². The van der Waals surface area contributed by atoms with Crippen LogP contribution in [0.1, 0.15) is 5.56 Å². The van der Waals surface area contributed by atoms with Crippen LogP contribution in [0, 0.1) is 17.0 Å². The third-order valence-electron chi connectivity index (χ3n) is 3.22. The van der Waals surface area contributed by atoms with Crippen molar-refractivity contribution in [2.75, 3.05) is 26.3 Å². The highest BCUT2D eigenvalue weighted by Gasteiger charge is 2.21. The quantitative estimate of drug-likeness (QED) is 0.364. The van der Waals surface area contributed by atoms with E-state index < -0.39 is 14.9 Å². The number of benzene rings is 1. The van der Waals surface area contributed by atoms with Crippen LogP contribution in [0.15, 0.2) is 27.5 Å². The molecule has 1 aliphatic rings. The van der Waals surface area contributed by atoms with Gasteiger partial charge in [0.15, 0.2) is 0 Å². The highest BCUT2D eigenvalue weighted by molar-refractivity contribution is 7.90. The lowest BCUT2D eigenvalue weighted by molar-refractivity contribution is -0.385. The molecule has 1 fully saturated rings. The summed E-state index contributed by atoms with van der Waals surface area (Å²) < 4.78 is 33.1. The Morgan fingerprint density at radius 2 is 2.05 bits per heavy atom. The number of nitro benzene ring substituents is 1. The van der Waals surface area contributed by atoms with Gasteiger partial charge in [0.1, 0.15) is 0 Å². The Hall–Kier alpha value is -2.20. The lowest BCUT2D eigenvalue weighted by Gasteiger charge is -2.27. The third-order valence-corrected chi connectivity index (χ3v) is 4.50. The van der Waals surface area contributed by atoms with Crippen LogP contribution in [0.2, 0.25) is 0 Å². The number of hydrogen-bond donors (Lipinski definition) is 1. The lowest BCUT2D eigenvalue weighted by Crippen LogP contribution is -2.45. The highest BCUT2D eigenvalue weighted by atomic mass is 32.2. The molecule has 9 nitrogen and oxygen atoms in total. The Kier molecular flexibility index (Phi) is 4.62. The van der Waals surface area contributed by atoms with Crippen LogP contribution in [0.25, 0.3) is 0 Å². The van der Waals surface area contributed by atoms with E-state index in [9.17, 15) is 18.5 Å². The predicted molar refractivity (Wildman–Crippen MR) is 79.0 cm³/mol. The number of aryl methyl sites for hydroxylation is 1. The van der Waals surface area contributed by atoms with Crippen molar-refractivity contribution in [3.05, 3.63) is 33.9 Å². The summed E-state index contributed by atoms with van der Waals surface area (Å²) in [5.74, 6) is -0.147. The molecule has 0 radical (unpaired) electrons. The van der Waals surface area contributed by atoms with Crippen molar-refractivity contribution < 1.29 is 18.1 Å². The molecular weight excluding hydrogens is 312 g/mol. The maximum Gasteiger partial charge on any atom is 0.285 e. The number of guanidine groups is 1. The average molecular weight is 328 g/mol. The van der Waals surface area contributed by atoms with Gasteiger partial charge in [-0.25, -0.2) is 0 Å². The molecule has 0 amide bonds. The molecule has 0 spiro atoms. The minimum atomic E-state index is -4.11. The molecule has 0 unspecified atom stereocenters.